The highest BCUT2D eigenvalue weighted by atomic mass is 15.3. The van der Waals surface area contributed by atoms with E-state index in [1.54, 1.807) is 0 Å². The summed E-state index contributed by atoms with van der Waals surface area (Å²) in [5.41, 5.74) is 17.7. The van der Waals surface area contributed by atoms with E-state index < -0.39 is 0 Å². The second kappa shape index (κ2) is 16.9. The molecule has 0 spiro atoms. The lowest BCUT2D eigenvalue weighted by molar-refractivity contribution is 0.919. The van der Waals surface area contributed by atoms with Crippen LogP contribution in [0.5, 0.6) is 0 Å². The Hall–Kier alpha value is -7.69. The molecule has 0 aliphatic rings. The molecule has 10 rings (SSSR count). The summed E-state index contributed by atoms with van der Waals surface area (Å²) in [6, 6.07) is 67.2. The van der Waals surface area contributed by atoms with Gasteiger partial charge < -0.3 is 0 Å². The fraction of sp³-hybridized carbons (Fsp3) is 0.117. The Morgan fingerprint density at radius 2 is 0.891 bits per heavy atom. The first-order chi connectivity index (χ1) is 31.2. The van der Waals surface area contributed by atoms with Crippen LogP contribution >= 0.6 is 0 Å². The minimum absolute atomic E-state index is 0.0436. The van der Waals surface area contributed by atoms with Crippen LogP contribution in [0.25, 0.3) is 55.4 Å². The highest BCUT2D eigenvalue weighted by Gasteiger charge is 2.27. The van der Waals surface area contributed by atoms with Gasteiger partial charge in [-0.05, 0) is 138 Å². The van der Waals surface area contributed by atoms with Crippen LogP contribution in [0, 0.1) is 41.5 Å². The smallest absolute Gasteiger partial charge is 0.238 e. The maximum atomic E-state index is 5.47. The molecule has 4 heteroatoms. The maximum absolute atomic E-state index is 5.47. The Bertz CT molecular complexity index is 3230. The first-order valence-corrected chi connectivity index (χ1v) is 22.1. The number of hydrogen-bond acceptors (Lipinski definition) is 4. The SMILES string of the molecule is Cc1cc(C)c(C(c2ccc(N(c3ccc4ccccc4c3)c3nc(-c4ccccc4)nc(-c4ccc5ccccc5c4-c4ccccc4)n3)cc2)c2c(C)cc(C)cc2C)c(C)c1. The van der Waals surface area contributed by atoms with Gasteiger partial charge in [0.15, 0.2) is 11.6 Å². The minimum atomic E-state index is 0.0436. The molecular formula is C60H50N4. The van der Waals surface area contributed by atoms with E-state index >= 15 is 0 Å². The Balaban J connectivity index is 1.21. The molecule has 0 atom stereocenters. The second-order valence-corrected chi connectivity index (χ2v) is 17.2. The Morgan fingerprint density at radius 3 is 1.52 bits per heavy atom. The van der Waals surface area contributed by atoms with E-state index in [4.69, 9.17) is 15.0 Å². The summed E-state index contributed by atoms with van der Waals surface area (Å²) < 4.78 is 0. The summed E-state index contributed by atoms with van der Waals surface area (Å²) in [4.78, 5) is 18.3. The third-order valence-electron chi connectivity index (χ3n) is 12.6. The first-order valence-electron chi connectivity index (χ1n) is 22.1. The Labute approximate surface area is 376 Å². The Kier molecular flexibility index (Phi) is 10.7. The predicted molar refractivity (Wildman–Crippen MR) is 268 cm³/mol. The van der Waals surface area contributed by atoms with Crippen molar-refractivity contribution in [2.75, 3.05) is 4.90 Å². The van der Waals surface area contributed by atoms with E-state index in [2.05, 4.69) is 216 Å². The monoisotopic (exact) mass is 826 g/mol. The molecule has 1 aromatic heterocycles. The molecule has 0 N–H and O–H groups in total. The van der Waals surface area contributed by atoms with E-state index in [0.29, 0.717) is 17.6 Å². The van der Waals surface area contributed by atoms with E-state index in [1.807, 2.05) is 18.2 Å². The van der Waals surface area contributed by atoms with Crippen LogP contribution in [0.4, 0.5) is 17.3 Å². The molecule has 0 amide bonds. The zero-order valence-electron chi connectivity index (χ0n) is 37.3. The molecule has 0 radical (unpaired) electrons. The van der Waals surface area contributed by atoms with Crippen molar-refractivity contribution in [1.82, 2.24) is 15.0 Å². The van der Waals surface area contributed by atoms with E-state index in [1.165, 1.54) is 55.5 Å². The van der Waals surface area contributed by atoms with Crippen molar-refractivity contribution in [3.05, 3.63) is 238 Å². The lowest BCUT2D eigenvalue weighted by atomic mass is 9.77. The number of nitrogens with zero attached hydrogens (tertiary/aromatic N) is 4. The molecule has 0 fully saturated rings. The Morgan fingerprint density at radius 1 is 0.391 bits per heavy atom. The number of hydrogen-bond donors (Lipinski definition) is 0. The molecule has 0 bridgehead atoms. The summed E-state index contributed by atoms with van der Waals surface area (Å²) >= 11 is 0. The quantitative estimate of drug-likeness (QED) is 0.136. The first kappa shape index (κ1) is 40.4. The van der Waals surface area contributed by atoms with Crippen molar-refractivity contribution in [2.45, 2.75) is 47.5 Å². The van der Waals surface area contributed by atoms with Crippen LogP contribution < -0.4 is 4.90 Å². The minimum Gasteiger partial charge on any atom is -0.279 e. The number of aryl methyl sites for hydroxylation is 6. The average molecular weight is 827 g/mol. The molecule has 4 nitrogen and oxygen atoms in total. The van der Waals surface area contributed by atoms with Crippen LogP contribution in [-0.4, -0.2) is 15.0 Å². The van der Waals surface area contributed by atoms with Gasteiger partial charge in [-0.3, -0.25) is 4.90 Å². The lowest BCUT2D eigenvalue weighted by Crippen LogP contribution is -2.16. The van der Waals surface area contributed by atoms with Crippen molar-refractivity contribution in [2.24, 2.45) is 0 Å². The summed E-state index contributed by atoms with van der Waals surface area (Å²) in [6.07, 6.45) is 0. The molecular weight excluding hydrogens is 777 g/mol. The third-order valence-corrected chi connectivity index (χ3v) is 12.6. The van der Waals surface area contributed by atoms with Gasteiger partial charge in [0.1, 0.15) is 0 Å². The summed E-state index contributed by atoms with van der Waals surface area (Å²) in [5.74, 6) is 1.78. The highest BCUT2D eigenvalue weighted by Crippen LogP contribution is 2.43. The molecule has 0 saturated carbocycles. The van der Waals surface area contributed by atoms with Crippen LogP contribution in [0.15, 0.2) is 188 Å². The van der Waals surface area contributed by atoms with Crippen LogP contribution in [0.1, 0.15) is 56.0 Å². The fourth-order valence-electron chi connectivity index (χ4n) is 9.96. The molecule has 10 aromatic rings. The molecule has 0 saturated heterocycles. The second-order valence-electron chi connectivity index (χ2n) is 17.2. The van der Waals surface area contributed by atoms with E-state index in [0.717, 1.165) is 49.8 Å². The van der Waals surface area contributed by atoms with Crippen molar-refractivity contribution in [3.8, 4) is 33.9 Å². The normalized spacial score (nSPS) is 11.4. The molecule has 0 aliphatic carbocycles. The topological polar surface area (TPSA) is 41.9 Å². The molecule has 1 heterocycles. The van der Waals surface area contributed by atoms with Crippen molar-refractivity contribution >= 4 is 38.9 Å². The van der Waals surface area contributed by atoms with Crippen LogP contribution in [0.3, 0.4) is 0 Å². The van der Waals surface area contributed by atoms with Gasteiger partial charge in [-0.1, -0.05) is 169 Å². The van der Waals surface area contributed by atoms with Gasteiger partial charge in [0.2, 0.25) is 5.95 Å². The zero-order chi connectivity index (χ0) is 43.9. The van der Waals surface area contributed by atoms with Crippen LogP contribution in [0.2, 0.25) is 0 Å². The van der Waals surface area contributed by atoms with Gasteiger partial charge >= 0.3 is 0 Å². The molecule has 310 valence electrons. The van der Waals surface area contributed by atoms with Gasteiger partial charge in [-0.25, -0.2) is 4.98 Å². The van der Waals surface area contributed by atoms with Gasteiger partial charge in [0, 0.05) is 34.0 Å². The fourth-order valence-corrected chi connectivity index (χ4v) is 9.96. The van der Waals surface area contributed by atoms with Crippen molar-refractivity contribution < 1.29 is 0 Å². The molecule has 0 aliphatic heterocycles. The standard InChI is InChI=1S/C60H50N4/c1-38-33-40(3)54(41(4)34-38)57(55-42(5)35-39(2)36-43(55)6)47-26-29-50(30-27-47)64(51-31-25-44-17-13-14-23-49(44)37-51)60-62-58(48-21-11-8-12-22-48)61-59(63-60)53-32-28-45-18-15-16-24-52(45)56(53)46-19-9-7-10-20-46/h7-37,57H,1-6H3. The lowest BCUT2D eigenvalue weighted by Gasteiger charge is -2.28. The summed E-state index contributed by atoms with van der Waals surface area (Å²) in [5, 5.41) is 4.60. The van der Waals surface area contributed by atoms with Crippen molar-refractivity contribution in [1.29, 1.82) is 0 Å². The average Bonchev–Trinajstić information content (AvgIpc) is 3.31. The van der Waals surface area contributed by atoms with Gasteiger partial charge in [-0.15, -0.1) is 0 Å². The van der Waals surface area contributed by atoms with E-state index in [9.17, 15) is 0 Å². The van der Waals surface area contributed by atoms with Crippen molar-refractivity contribution in [3.63, 3.8) is 0 Å². The summed E-state index contributed by atoms with van der Waals surface area (Å²) in [7, 11) is 0. The summed E-state index contributed by atoms with van der Waals surface area (Å²) in [6.45, 7) is 13.4. The highest BCUT2D eigenvalue weighted by molar-refractivity contribution is 6.03. The van der Waals surface area contributed by atoms with Gasteiger partial charge in [-0.2, -0.15) is 9.97 Å². The number of benzene rings is 9. The number of aromatic nitrogens is 3. The molecule has 64 heavy (non-hydrogen) atoms. The van der Waals surface area contributed by atoms with Gasteiger partial charge in [0.05, 0.1) is 0 Å². The largest absolute Gasteiger partial charge is 0.279 e. The van der Waals surface area contributed by atoms with E-state index in [-0.39, 0.29) is 5.92 Å². The van der Waals surface area contributed by atoms with Gasteiger partial charge in [0.25, 0.3) is 0 Å². The number of anilines is 3. The van der Waals surface area contributed by atoms with Crippen LogP contribution in [-0.2, 0) is 0 Å². The predicted octanol–water partition coefficient (Wildman–Crippen LogP) is 15.7. The number of rotatable bonds is 9. The third kappa shape index (κ3) is 7.62. The molecule has 9 aromatic carbocycles. The zero-order valence-corrected chi connectivity index (χ0v) is 37.3. The number of fused-ring (bicyclic) bond motifs is 2. The molecule has 0 unspecified atom stereocenters. The maximum Gasteiger partial charge on any atom is 0.238 e.